The quantitative estimate of drug-likeness (QED) is 0.626. The smallest absolute Gasteiger partial charge is 0.251 e. The lowest BCUT2D eigenvalue weighted by Crippen LogP contribution is -2.42. The van der Waals surface area contributed by atoms with Crippen LogP contribution in [0, 0.1) is 6.92 Å². The van der Waals surface area contributed by atoms with Crippen LogP contribution in [-0.2, 0) is 0 Å². The molecule has 4 rings (SSSR count). The van der Waals surface area contributed by atoms with E-state index in [4.69, 9.17) is 11.6 Å². The van der Waals surface area contributed by atoms with Gasteiger partial charge in [0, 0.05) is 35.6 Å². The second-order valence-corrected chi connectivity index (χ2v) is 8.08. The second kappa shape index (κ2) is 9.22. The number of nitrogens with one attached hydrogen (secondary N) is 2. The lowest BCUT2D eigenvalue weighted by molar-refractivity contribution is 0.0926. The molecule has 1 aliphatic carbocycles. The molecule has 0 bridgehead atoms. The molecular weight excluding hydrogens is 398 g/mol. The minimum atomic E-state index is -0.0257. The van der Waals surface area contributed by atoms with Gasteiger partial charge in [-0.3, -0.25) is 9.78 Å². The minimum Gasteiger partial charge on any atom is -0.351 e. The third-order valence-electron chi connectivity index (χ3n) is 5.34. The maximum absolute atomic E-state index is 12.6. The highest BCUT2D eigenvalue weighted by Gasteiger charge is 2.24. The number of anilines is 1. The van der Waals surface area contributed by atoms with Crippen molar-refractivity contribution in [2.45, 2.75) is 44.7 Å². The predicted molar refractivity (Wildman–Crippen MR) is 119 cm³/mol. The third kappa shape index (κ3) is 4.94. The van der Waals surface area contributed by atoms with Gasteiger partial charge < -0.3 is 10.6 Å². The fourth-order valence-corrected chi connectivity index (χ4v) is 3.95. The molecule has 3 aromatic rings. The summed E-state index contributed by atoms with van der Waals surface area (Å²) in [7, 11) is 0. The number of aryl methyl sites for hydroxylation is 1. The van der Waals surface area contributed by atoms with Gasteiger partial charge in [0.25, 0.3) is 5.91 Å². The lowest BCUT2D eigenvalue weighted by Gasteiger charge is -2.30. The predicted octanol–water partition coefficient (Wildman–Crippen LogP) is 4.65. The maximum Gasteiger partial charge on any atom is 0.251 e. The van der Waals surface area contributed by atoms with Crippen molar-refractivity contribution in [2.24, 2.45) is 0 Å². The summed E-state index contributed by atoms with van der Waals surface area (Å²) < 4.78 is 0. The summed E-state index contributed by atoms with van der Waals surface area (Å²) in [6.45, 7) is 2.01. The molecule has 30 heavy (non-hydrogen) atoms. The van der Waals surface area contributed by atoms with Crippen LogP contribution in [0.25, 0.3) is 11.3 Å². The van der Waals surface area contributed by atoms with E-state index in [1.807, 2.05) is 43.3 Å². The van der Waals surface area contributed by atoms with Crippen LogP contribution in [0.4, 0.5) is 5.95 Å². The van der Waals surface area contributed by atoms with Crippen molar-refractivity contribution in [1.82, 2.24) is 20.3 Å². The molecule has 2 heterocycles. The second-order valence-electron chi connectivity index (χ2n) is 7.68. The van der Waals surface area contributed by atoms with E-state index in [-0.39, 0.29) is 18.0 Å². The molecule has 1 aromatic carbocycles. The zero-order valence-electron chi connectivity index (χ0n) is 16.8. The molecule has 7 heteroatoms. The molecule has 2 N–H and O–H groups in total. The number of carbonyl (C=O) groups is 1. The highest BCUT2D eigenvalue weighted by Crippen LogP contribution is 2.27. The van der Waals surface area contributed by atoms with Crippen LogP contribution in [0.1, 0.15) is 41.6 Å². The van der Waals surface area contributed by atoms with Crippen molar-refractivity contribution in [3.63, 3.8) is 0 Å². The van der Waals surface area contributed by atoms with Gasteiger partial charge in [-0.1, -0.05) is 29.3 Å². The van der Waals surface area contributed by atoms with Crippen LogP contribution in [0.5, 0.6) is 0 Å². The molecule has 1 saturated carbocycles. The number of rotatable bonds is 5. The highest BCUT2D eigenvalue weighted by atomic mass is 35.5. The standard InChI is InChI=1S/C23H24ClN5O/c1-15-7-9-16(10-8-15)22(30)27-18-5-2-6-19(12-18)28-23-26-14-20(24)21(29-23)17-4-3-11-25-13-17/h3-4,7-11,13-14,18-19H,2,5-6,12H2,1H3,(H,27,30)(H,26,28,29)/t18-,19+/m0/s1. The number of hydrogen-bond acceptors (Lipinski definition) is 5. The van der Waals surface area contributed by atoms with E-state index < -0.39 is 0 Å². The molecule has 0 radical (unpaired) electrons. The van der Waals surface area contributed by atoms with Crippen LogP contribution in [0.3, 0.4) is 0 Å². The molecule has 6 nitrogen and oxygen atoms in total. The molecule has 1 aliphatic rings. The topological polar surface area (TPSA) is 79.8 Å². The van der Waals surface area contributed by atoms with Gasteiger partial charge in [0.05, 0.1) is 16.9 Å². The van der Waals surface area contributed by atoms with Gasteiger partial charge >= 0.3 is 0 Å². The summed E-state index contributed by atoms with van der Waals surface area (Å²) in [6.07, 6.45) is 8.88. The fourth-order valence-electron chi connectivity index (χ4n) is 3.75. The third-order valence-corrected chi connectivity index (χ3v) is 5.61. The van der Waals surface area contributed by atoms with Crippen molar-refractivity contribution >= 4 is 23.5 Å². The van der Waals surface area contributed by atoms with Crippen LogP contribution >= 0.6 is 11.6 Å². The summed E-state index contributed by atoms with van der Waals surface area (Å²) in [5, 5.41) is 7.07. The van der Waals surface area contributed by atoms with Gasteiger partial charge in [-0.2, -0.15) is 0 Å². The summed E-state index contributed by atoms with van der Waals surface area (Å²) in [4.78, 5) is 25.6. The monoisotopic (exact) mass is 421 g/mol. The van der Waals surface area contributed by atoms with Gasteiger partial charge in [0.2, 0.25) is 5.95 Å². The Labute approximate surface area is 181 Å². The van der Waals surface area contributed by atoms with Gasteiger partial charge in [-0.25, -0.2) is 9.97 Å². The Balaban J connectivity index is 1.40. The van der Waals surface area contributed by atoms with E-state index in [2.05, 4.69) is 25.6 Å². The van der Waals surface area contributed by atoms with E-state index >= 15 is 0 Å². The lowest BCUT2D eigenvalue weighted by atomic mass is 9.91. The Morgan fingerprint density at radius 1 is 1.10 bits per heavy atom. The summed E-state index contributed by atoms with van der Waals surface area (Å²) in [5.41, 5.74) is 3.34. The minimum absolute atomic E-state index is 0.0257. The summed E-state index contributed by atoms with van der Waals surface area (Å²) >= 11 is 6.29. The molecule has 1 fully saturated rings. The Morgan fingerprint density at radius 3 is 2.67 bits per heavy atom. The number of benzene rings is 1. The highest BCUT2D eigenvalue weighted by molar-refractivity contribution is 6.32. The Kier molecular flexibility index (Phi) is 6.23. The summed E-state index contributed by atoms with van der Waals surface area (Å²) in [5.74, 6) is 0.510. The Bertz CT molecular complexity index is 1010. The number of pyridine rings is 1. The van der Waals surface area contributed by atoms with Crippen molar-refractivity contribution < 1.29 is 4.79 Å². The molecule has 1 amide bonds. The zero-order chi connectivity index (χ0) is 20.9. The molecular formula is C23H24ClN5O. The molecule has 0 unspecified atom stereocenters. The number of nitrogens with zero attached hydrogens (tertiary/aromatic N) is 3. The van der Waals surface area contributed by atoms with E-state index in [9.17, 15) is 4.79 Å². The van der Waals surface area contributed by atoms with Gasteiger partial charge in [-0.05, 0) is 56.9 Å². The molecule has 0 spiro atoms. The SMILES string of the molecule is Cc1ccc(C(=O)N[C@H]2CCC[C@@H](Nc3ncc(Cl)c(-c4cccnc4)n3)C2)cc1. The average molecular weight is 422 g/mol. The maximum atomic E-state index is 12.6. The van der Waals surface area contributed by atoms with Crippen molar-refractivity contribution in [2.75, 3.05) is 5.32 Å². The van der Waals surface area contributed by atoms with Crippen LogP contribution in [0.2, 0.25) is 5.02 Å². The van der Waals surface area contributed by atoms with Crippen molar-refractivity contribution in [3.8, 4) is 11.3 Å². The fraction of sp³-hybridized carbons (Fsp3) is 0.304. The van der Waals surface area contributed by atoms with E-state index in [1.165, 1.54) is 0 Å². The number of carbonyl (C=O) groups excluding carboxylic acids is 1. The van der Waals surface area contributed by atoms with Gasteiger partial charge in [0.1, 0.15) is 0 Å². The molecule has 2 aromatic heterocycles. The molecule has 154 valence electrons. The number of halogens is 1. The Morgan fingerprint density at radius 2 is 1.90 bits per heavy atom. The molecule has 2 atom stereocenters. The van der Waals surface area contributed by atoms with Crippen molar-refractivity contribution in [1.29, 1.82) is 0 Å². The first-order chi connectivity index (χ1) is 14.6. The van der Waals surface area contributed by atoms with E-state index in [0.717, 1.165) is 36.8 Å². The molecule has 0 aliphatic heterocycles. The van der Waals surface area contributed by atoms with Crippen LogP contribution in [0.15, 0.2) is 55.0 Å². The van der Waals surface area contributed by atoms with Crippen LogP contribution < -0.4 is 10.6 Å². The number of amides is 1. The molecule has 0 saturated heterocycles. The number of aromatic nitrogens is 3. The van der Waals surface area contributed by atoms with Crippen LogP contribution in [-0.4, -0.2) is 32.9 Å². The van der Waals surface area contributed by atoms with Crippen molar-refractivity contribution in [3.05, 3.63) is 71.1 Å². The first-order valence-corrected chi connectivity index (χ1v) is 10.5. The van der Waals surface area contributed by atoms with Gasteiger partial charge in [-0.15, -0.1) is 0 Å². The zero-order valence-corrected chi connectivity index (χ0v) is 17.6. The first-order valence-electron chi connectivity index (χ1n) is 10.2. The summed E-state index contributed by atoms with van der Waals surface area (Å²) in [6, 6.07) is 11.7. The van der Waals surface area contributed by atoms with Gasteiger partial charge in [0.15, 0.2) is 0 Å². The normalized spacial score (nSPS) is 18.6. The first kappa shape index (κ1) is 20.3. The largest absolute Gasteiger partial charge is 0.351 e. The number of hydrogen-bond donors (Lipinski definition) is 2. The van der Waals surface area contributed by atoms with E-state index in [1.54, 1.807) is 18.6 Å². The van der Waals surface area contributed by atoms with E-state index in [0.29, 0.717) is 22.2 Å². The Hall–Kier alpha value is -2.99. The average Bonchev–Trinajstić information content (AvgIpc) is 2.76.